The Morgan fingerprint density at radius 3 is 2.61 bits per heavy atom. The number of unbranched alkanes of at least 4 members (excludes halogenated alkanes) is 2. The van der Waals surface area contributed by atoms with Crippen LogP contribution in [0.15, 0.2) is 53.5 Å². The van der Waals surface area contributed by atoms with Crippen LogP contribution in [0.3, 0.4) is 0 Å². The summed E-state index contributed by atoms with van der Waals surface area (Å²) < 4.78 is 1.87. The molecule has 1 aliphatic heterocycles. The third-order valence-electron chi connectivity index (χ3n) is 5.35. The summed E-state index contributed by atoms with van der Waals surface area (Å²) in [6, 6.07) is 15.2. The number of carboxylic acid groups (broad SMARTS) is 1. The number of carboxylic acids is 1. The van der Waals surface area contributed by atoms with E-state index in [1.807, 2.05) is 47.0 Å². The Kier molecular flexibility index (Phi) is 6.44. The number of benzene rings is 2. The van der Waals surface area contributed by atoms with E-state index in [0.717, 1.165) is 35.4 Å². The van der Waals surface area contributed by atoms with Crippen molar-refractivity contribution in [3.8, 4) is 5.69 Å². The number of aliphatic hydroxyl groups is 1. The molecule has 2 N–H and O–H groups in total. The quantitative estimate of drug-likeness (QED) is 0.509. The van der Waals surface area contributed by atoms with Crippen LogP contribution in [0.1, 0.15) is 60.9 Å². The van der Waals surface area contributed by atoms with Gasteiger partial charge in [-0.2, -0.15) is 0 Å². The largest absolute Gasteiger partial charge is 0.481 e. The van der Waals surface area contributed by atoms with Gasteiger partial charge in [0.05, 0.1) is 11.4 Å². The summed E-state index contributed by atoms with van der Waals surface area (Å²) in [5.74, 6) is 0.328. The fraction of sp³-hybridized carbons (Fsp3) is 0.304. The first-order valence-corrected chi connectivity index (χ1v) is 10.7. The first kappa shape index (κ1) is 21.2. The zero-order chi connectivity index (χ0) is 21.8. The van der Waals surface area contributed by atoms with Crippen molar-refractivity contribution in [3.63, 3.8) is 0 Å². The molecule has 1 unspecified atom stereocenters. The number of aliphatic hydroxyl groups excluding tert-OH is 1. The lowest BCUT2D eigenvalue weighted by Crippen LogP contribution is -2.09. The van der Waals surface area contributed by atoms with Gasteiger partial charge in [0, 0.05) is 22.6 Å². The highest BCUT2D eigenvalue weighted by atomic mass is 35.5. The van der Waals surface area contributed by atoms with E-state index in [1.54, 1.807) is 6.07 Å². The number of hydrogen-bond acceptors (Lipinski definition) is 5. The lowest BCUT2D eigenvalue weighted by Gasteiger charge is -2.13. The second kappa shape index (κ2) is 9.41. The molecule has 0 fully saturated rings. The first-order valence-electron chi connectivity index (χ1n) is 10.3. The van der Waals surface area contributed by atoms with Crippen LogP contribution in [-0.2, 0) is 11.4 Å². The van der Waals surface area contributed by atoms with E-state index in [2.05, 4.69) is 10.2 Å². The van der Waals surface area contributed by atoms with Crippen LogP contribution in [0.2, 0.25) is 5.02 Å². The Morgan fingerprint density at radius 1 is 1.06 bits per heavy atom. The Hall–Kier alpha value is -3.03. The molecule has 0 aliphatic carbocycles. The summed E-state index contributed by atoms with van der Waals surface area (Å²) >= 11 is 6.34. The van der Waals surface area contributed by atoms with Crippen LogP contribution in [0.5, 0.6) is 0 Å². The number of aromatic nitrogens is 3. The monoisotopic (exact) mass is 438 g/mol. The average Bonchev–Trinajstić information content (AvgIpc) is 3.14. The minimum Gasteiger partial charge on any atom is -0.481 e. The average molecular weight is 439 g/mol. The molecule has 1 aromatic heterocycles. The lowest BCUT2D eigenvalue weighted by molar-refractivity contribution is -0.137. The van der Waals surface area contributed by atoms with E-state index >= 15 is 0 Å². The van der Waals surface area contributed by atoms with Crippen molar-refractivity contribution in [2.75, 3.05) is 0 Å². The number of aliphatic carboxylic acids is 1. The summed E-state index contributed by atoms with van der Waals surface area (Å²) in [6.45, 7) is -0.249. The van der Waals surface area contributed by atoms with Gasteiger partial charge in [-0.15, -0.1) is 10.2 Å². The van der Waals surface area contributed by atoms with Gasteiger partial charge in [-0.1, -0.05) is 54.8 Å². The summed E-state index contributed by atoms with van der Waals surface area (Å²) in [5.41, 5.74) is 3.45. The fourth-order valence-corrected chi connectivity index (χ4v) is 4.07. The van der Waals surface area contributed by atoms with Gasteiger partial charge in [-0.05, 0) is 31.0 Å². The van der Waals surface area contributed by atoms with Gasteiger partial charge in [0.25, 0.3) is 0 Å². The number of aliphatic imine (C=N–C) groups is 1. The molecule has 0 amide bonds. The molecular formula is C23H23ClN4O3. The van der Waals surface area contributed by atoms with E-state index in [1.165, 1.54) is 0 Å². The zero-order valence-corrected chi connectivity index (χ0v) is 17.7. The molecule has 4 rings (SSSR count). The fourth-order valence-electron chi connectivity index (χ4n) is 3.90. The van der Waals surface area contributed by atoms with Crippen LogP contribution >= 0.6 is 11.6 Å². The smallest absolute Gasteiger partial charge is 0.303 e. The van der Waals surface area contributed by atoms with Crippen molar-refractivity contribution in [1.82, 2.24) is 14.8 Å². The van der Waals surface area contributed by atoms with E-state index in [-0.39, 0.29) is 19.1 Å². The maximum Gasteiger partial charge on any atom is 0.303 e. The van der Waals surface area contributed by atoms with Crippen molar-refractivity contribution >= 4 is 23.3 Å². The predicted octanol–water partition coefficient (Wildman–Crippen LogP) is 4.34. The number of rotatable bonds is 8. The molecule has 2 aromatic carbocycles. The van der Waals surface area contributed by atoms with E-state index in [9.17, 15) is 9.90 Å². The number of hydrogen-bond donors (Lipinski definition) is 2. The molecule has 0 saturated carbocycles. The molecule has 7 nitrogen and oxygen atoms in total. The number of halogens is 1. The number of nitrogens with zero attached hydrogens (tertiary/aromatic N) is 4. The first-order chi connectivity index (χ1) is 15.1. The van der Waals surface area contributed by atoms with Crippen molar-refractivity contribution < 1.29 is 15.0 Å². The summed E-state index contributed by atoms with van der Waals surface area (Å²) in [7, 11) is 0. The van der Waals surface area contributed by atoms with Gasteiger partial charge in [0.15, 0.2) is 11.6 Å². The van der Waals surface area contributed by atoms with Gasteiger partial charge in [0.1, 0.15) is 12.6 Å². The zero-order valence-electron chi connectivity index (χ0n) is 16.9. The van der Waals surface area contributed by atoms with Crippen molar-refractivity contribution in [3.05, 3.63) is 76.3 Å². The summed E-state index contributed by atoms with van der Waals surface area (Å²) in [5, 5.41) is 27.9. The molecule has 1 aliphatic rings. The normalized spacial score (nSPS) is 15.0. The molecule has 0 saturated heterocycles. The van der Waals surface area contributed by atoms with Gasteiger partial charge >= 0.3 is 5.97 Å². The lowest BCUT2D eigenvalue weighted by atomic mass is 10.00. The Morgan fingerprint density at radius 2 is 1.87 bits per heavy atom. The van der Waals surface area contributed by atoms with Crippen molar-refractivity contribution in [1.29, 1.82) is 0 Å². The molecular weight excluding hydrogens is 416 g/mol. The maximum atomic E-state index is 10.8. The molecule has 2 heterocycles. The van der Waals surface area contributed by atoms with Gasteiger partial charge in [-0.25, -0.2) is 0 Å². The SMILES string of the molecule is O=C(O)CCCCCC1N=C(c2ccccc2)c2cc(Cl)ccc2-n2c(CO)nnc21. The second-order valence-corrected chi connectivity index (χ2v) is 7.92. The molecule has 0 bridgehead atoms. The Balaban J connectivity index is 1.78. The highest BCUT2D eigenvalue weighted by Gasteiger charge is 2.28. The highest BCUT2D eigenvalue weighted by molar-refractivity contribution is 6.31. The second-order valence-electron chi connectivity index (χ2n) is 7.48. The third-order valence-corrected chi connectivity index (χ3v) is 5.58. The Bertz CT molecular complexity index is 1110. The Labute approximate surface area is 185 Å². The minimum atomic E-state index is -0.779. The van der Waals surface area contributed by atoms with Crippen molar-refractivity contribution in [2.24, 2.45) is 4.99 Å². The topological polar surface area (TPSA) is 101 Å². The van der Waals surface area contributed by atoms with Crippen LogP contribution in [0.25, 0.3) is 5.69 Å². The molecule has 8 heteroatoms. The number of fused-ring (bicyclic) bond motifs is 3. The van der Waals surface area contributed by atoms with Crippen LogP contribution in [0, 0.1) is 0 Å². The molecule has 31 heavy (non-hydrogen) atoms. The van der Waals surface area contributed by atoms with Crippen molar-refractivity contribution in [2.45, 2.75) is 44.8 Å². The summed E-state index contributed by atoms with van der Waals surface area (Å²) in [4.78, 5) is 15.9. The van der Waals surface area contributed by atoms with Gasteiger partial charge in [0.2, 0.25) is 0 Å². The molecule has 3 aromatic rings. The summed E-state index contributed by atoms with van der Waals surface area (Å²) in [6.07, 6.45) is 3.08. The molecule has 0 spiro atoms. The minimum absolute atomic E-state index is 0.165. The van der Waals surface area contributed by atoms with Crippen LogP contribution in [-0.4, -0.2) is 36.7 Å². The van der Waals surface area contributed by atoms with E-state index < -0.39 is 5.97 Å². The van der Waals surface area contributed by atoms with Gasteiger partial charge in [-0.3, -0.25) is 14.4 Å². The van der Waals surface area contributed by atoms with Gasteiger partial charge < -0.3 is 10.2 Å². The molecule has 1 atom stereocenters. The molecule has 160 valence electrons. The standard InChI is InChI=1S/C23H23ClN4O3/c24-16-11-12-19-17(13-16)22(15-7-3-1-4-8-15)25-18(9-5-2-6-10-21(30)31)23-27-26-20(14-29)28(19)23/h1,3-4,7-8,11-13,18,29H,2,5-6,9-10,14H2,(H,30,31). The van der Waals surface area contributed by atoms with Crippen LogP contribution < -0.4 is 0 Å². The number of carbonyl (C=O) groups is 1. The predicted molar refractivity (Wildman–Crippen MR) is 118 cm³/mol. The maximum absolute atomic E-state index is 10.8. The van der Waals surface area contributed by atoms with E-state index in [0.29, 0.717) is 29.5 Å². The van der Waals surface area contributed by atoms with E-state index in [4.69, 9.17) is 21.7 Å². The van der Waals surface area contributed by atoms with Crippen LogP contribution in [0.4, 0.5) is 0 Å². The third kappa shape index (κ3) is 4.52. The highest BCUT2D eigenvalue weighted by Crippen LogP contribution is 2.34. The molecule has 0 radical (unpaired) electrons.